The zero-order chi connectivity index (χ0) is 13.1. The molecular formula is C14H28N2O. The average molecular weight is 240 g/mol. The Bertz CT molecular complexity index is 267. The molecule has 17 heavy (non-hydrogen) atoms. The summed E-state index contributed by atoms with van der Waals surface area (Å²) in [6, 6.07) is 0. The zero-order valence-corrected chi connectivity index (χ0v) is 12.1. The number of nitrogens with zero attached hydrogens (tertiary/aromatic N) is 1. The van der Waals surface area contributed by atoms with Crippen LogP contribution in [0.3, 0.4) is 0 Å². The molecule has 0 radical (unpaired) electrons. The van der Waals surface area contributed by atoms with Crippen LogP contribution < -0.4 is 5.32 Å². The highest BCUT2D eigenvalue weighted by Crippen LogP contribution is 2.34. The summed E-state index contributed by atoms with van der Waals surface area (Å²) in [6.45, 7) is 10.5. The van der Waals surface area contributed by atoms with Crippen molar-refractivity contribution in [2.24, 2.45) is 5.41 Å². The van der Waals surface area contributed by atoms with Crippen LogP contribution in [-0.4, -0.2) is 36.5 Å². The standard InChI is InChI=1S/C14H28N2O/c1-6-13(3,4)16(5)12(17)14(7-2)9-8-10-15-11-14/h15H,6-11H2,1-5H3. The van der Waals surface area contributed by atoms with E-state index in [2.05, 4.69) is 33.0 Å². The van der Waals surface area contributed by atoms with E-state index in [1.54, 1.807) is 0 Å². The highest BCUT2D eigenvalue weighted by molar-refractivity contribution is 5.83. The summed E-state index contributed by atoms with van der Waals surface area (Å²) in [4.78, 5) is 14.7. The fourth-order valence-corrected chi connectivity index (χ4v) is 2.47. The van der Waals surface area contributed by atoms with E-state index in [1.807, 2.05) is 11.9 Å². The fourth-order valence-electron chi connectivity index (χ4n) is 2.47. The van der Waals surface area contributed by atoms with Gasteiger partial charge in [0, 0.05) is 19.1 Å². The highest BCUT2D eigenvalue weighted by Gasteiger charge is 2.42. The molecule has 3 nitrogen and oxygen atoms in total. The molecular weight excluding hydrogens is 212 g/mol. The van der Waals surface area contributed by atoms with Crippen LogP contribution in [0.25, 0.3) is 0 Å². The predicted octanol–water partition coefficient (Wildman–Crippen LogP) is 2.41. The van der Waals surface area contributed by atoms with Gasteiger partial charge in [-0.25, -0.2) is 0 Å². The van der Waals surface area contributed by atoms with Gasteiger partial charge in [0.05, 0.1) is 5.41 Å². The minimum atomic E-state index is -0.167. The van der Waals surface area contributed by atoms with Crippen molar-refractivity contribution in [2.45, 2.75) is 58.9 Å². The number of piperidine rings is 1. The van der Waals surface area contributed by atoms with Gasteiger partial charge in [0.2, 0.25) is 5.91 Å². The van der Waals surface area contributed by atoms with Crippen LogP contribution in [0.5, 0.6) is 0 Å². The van der Waals surface area contributed by atoms with Crippen LogP contribution in [0.4, 0.5) is 0 Å². The number of nitrogens with one attached hydrogen (secondary N) is 1. The SMILES string of the molecule is CCC1(C(=O)N(C)C(C)(C)CC)CCCNC1. The second-order valence-corrected chi connectivity index (χ2v) is 5.94. The van der Waals surface area contributed by atoms with Crippen molar-refractivity contribution in [1.82, 2.24) is 10.2 Å². The van der Waals surface area contributed by atoms with Crippen LogP contribution in [-0.2, 0) is 4.79 Å². The quantitative estimate of drug-likeness (QED) is 0.818. The first-order valence-corrected chi connectivity index (χ1v) is 6.88. The van der Waals surface area contributed by atoms with Crippen molar-refractivity contribution < 1.29 is 4.79 Å². The van der Waals surface area contributed by atoms with Crippen molar-refractivity contribution >= 4 is 5.91 Å². The van der Waals surface area contributed by atoms with Gasteiger partial charge < -0.3 is 10.2 Å². The van der Waals surface area contributed by atoms with E-state index in [1.165, 1.54) is 0 Å². The van der Waals surface area contributed by atoms with Gasteiger partial charge in [0.25, 0.3) is 0 Å². The van der Waals surface area contributed by atoms with Crippen molar-refractivity contribution in [1.29, 1.82) is 0 Å². The molecule has 100 valence electrons. The molecule has 0 aliphatic carbocycles. The van der Waals surface area contributed by atoms with Gasteiger partial charge in [-0.2, -0.15) is 0 Å². The fraction of sp³-hybridized carbons (Fsp3) is 0.929. The molecule has 1 rings (SSSR count). The van der Waals surface area contributed by atoms with Crippen LogP contribution in [0, 0.1) is 5.41 Å². The van der Waals surface area contributed by atoms with Crippen molar-refractivity contribution in [3.63, 3.8) is 0 Å². The summed E-state index contributed by atoms with van der Waals surface area (Å²) >= 11 is 0. The molecule has 1 fully saturated rings. The molecule has 1 aliphatic rings. The number of hydrogen-bond acceptors (Lipinski definition) is 2. The normalized spacial score (nSPS) is 25.7. The summed E-state index contributed by atoms with van der Waals surface area (Å²) in [5.74, 6) is 0.319. The Balaban J connectivity index is 2.85. The Labute approximate surface area is 106 Å². The number of amides is 1. The van der Waals surface area contributed by atoms with Crippen molar-refractivity contribution in [2.75, 3.05) is 20.1 Å². The lowest BCUT2D eigenvalue weighted by Crippen LogP contribution is -2.55. The van der Waals surface area contributed by atoms with Gasteiger partial charge >= 0.3 is 0 Å². The van der Waals surface area contributed by atoms with E-state index in [9.17, 15) is 4.79 Å². The van der Waals surface area contributed by atoms with Crippen LogP contribution in [0.2, 0.25) is 0 Å². The third-order valence-electron chi connectivity index (χ3n) is 4.68. The molecule has 1 amide bonds. The first kappa shape index (κ1) is 14.5. The molecule has 1 atom stereocenters. The smallest absolute Gasteiger partial charge is 0.230 e. The van der Waals surface area contributed by atoms with Gasteiger partial charge in [-0.1, -0.05) is 13.8 Å². The third kappa shape index (κ3) is 2.82. The Hall–Kier alpha value is -0.570. The second-order valence-electron chi connectivity index (χ2n) is 5.94. The van der Waals surface area contributed by atoms with Gasteiger partial charge in [-0.15, -0.1) is 0 Å². The van der Waals surface area contributed by atoms with E-state index in [-0.39, 0.29) is 11.0 Å². The van der Waals surface area contributed by atoms with Gasteiger partial charge in [-0.3, -0.25) is 4.79 Å². The Morgan fingerprint density at radius 1 is 1.41 bits per heavy atom. The molecule has 1 saturated heterocycles. The molecule has 1 unspecified atom stereocenters. The maximum atomic E-state index is 12.7. The van der Waals surface area contributed by atoms with Gasteiger partial charge in [0.15, 0.2) is 0 Å². The zero-order valence-electron chi connectivity index (χ0n) is 12.1. The minimum Gasteiger partial charge on any atom is -0.340 e. The number of carbonyl (C=O) groups is 1. The van der Waals surface area contributed by atoms with Crippen LogP contribution in [0.15, 0.2) is 0 Å². The number of rotatable bonds is 4. The predicted molar refractivity (Wildman–Crippen MR) is 72.0 cm³/mol. The highest BCUT2D eigenvalue weighted by atomic mass is 16.2. The molecule has 0 aromatic carbocycles. The van der Waals surface area contributed by atoms with E-state index in [4.69, 9.17) is 0 Å². The van der Waals surface area contributed by atoms with E-state index >= 15 is 0 Å². The molecule has 1 aliphatic heterocycles. The maximum Gasteiger partial charge on any atom is 0.230 e. The summed E-state index contributed by atoms with van der Waals surface area (Å²) in [7, 11) is 1.96. The average Bonchev–Trinajstić information content (AvgIpc) is 2.37. The molecule has 1 N–H and O–H groups in total. The summed E-state index contributed by atoms with van der Waals surface area (Å²) in [6.07, 6.45) is 4.06. The molecule has 3 heteroatoms. The molecule has 1 heterocycles. The summed E-state index contributed by atoms with van der Waals surface area (Å²) in [5.41, 5.74) is -0.212. The number of hydrogen-bond donors (Lipinski definition) is 1. The third-order valence-corrected chi connectivity index (χ3v) is 4.68. The minimum absolute atomic E-state index is 0.0449. The molecule has 0 aromatic heterocycles. The molecule has 0 spiro atoms. The lowest BCUT2D eigenvalue weighted by Gasteiger charge is -2.44. The van der Waals surface area contributed by atoms with Crippen molar-refractivity contribution in [3.8, 4) is 0 Å². The van der Waals surface area contributed by atoms with E-state index in [0.717, 1.165) is 38.8 Å². The Kier molecular flexibility index (Phi) is 4.59. The molecule has 0 bridgehead atoms. The Morgan fingerprint density at radius 2 is 2.06 bits per heavy atom. The lowest BCUT2D eigenvalue weighted by atomic mass is 9.76. The lowest BCUT2D eigenvalue weighted by molar-refractivity contribution is -0.147. The van der Waals surface area contributed by atoms with Crippen LogP contribution in [0.1, 0.15) is 53.4 Å². The van der Waals surface area contributed by atoms with Crippen LogP contribution >= 0.6 is 0 Å². The maximum absolute atomic E-state index is 12.7. The second kappa shape index (κ2) is 5.38. The monoisotopic (exact) mass is 240 g/mol. The van der Waals surface area contributed by atoms with Gasteiger partial charge in [0.1, 0.15) is 0 Å². The summed E-state index contributed by atoms with van der Waals surface area (Å²) < 4.78 is 0. The number of carbonyl (C=O) groups excluding carboxylic acids is 1. The summed E-state index contributed by atoms with van der Waals surface area (Å²) in [5, 5.41) is 3.38. The first-order valence-electron chi connectivity index (χ1n) is 6.88. The van der Waals surface area contributed by atoms with Crippen molar-refractivity contribution in [3.05, 3.63) is 0 Å². The topological polar surface area (TPSA) is 32.3 Å². The van der Waals surface area contributed by atoms with Gasteiger partial charge in [-0.05, 0) is 46.1 Å². The largest absolute Gasteiger partial charge is 0.340 e. The first-order chi connectivity index (χ1) is 7.89. The van der Waals surface area contributed by atoms with E-state index in [0.29, 0.717) is 5.91 Å². The molecule has 0 aromatic rings. The Morgan fingerprint density at radius 3 is 2.47 bits per heavy atom. The molecule has 0 saturated carbocycles. The van der Waals surface area contributed by atoms with E-state index < -0.39 is 0 Å².